The lowest BCUT2D eigenvalue weighted by Gasteiger charge is -2.24. The van der Waals surface area contributed by atoms with Crippen molar-refractivity contribution in [3.05, 3.63) is 22.5 Å². The van der Waals surface area contributed by atoms with Gasteiger partial charge in [-0.2, -0.15) is 0 Å². The number of rotatable bonds is 7. The first-order valence-electron chi connectivity index (χ1n) is 6.98. The molecule has 24 heavy (non-hydrogen) atoms. The molecule has 1 N–H and O–H groups in total. The Kier molecular flexibility index (Phi) is 7.29. The first-order valence-corrected chi connectivity index (χ1v) is 8.10. The summed E-state index contributed by atoms with van der Waals surface area (Å²) in [6.07, 6.45) is 0.867. The van der Waals surface area contributed by atoms with Crippen molar-refractivity contribution in [1.82, 2.24) is 14.9 Å². The standard InChI is InChI=1S/C13H19BrN4O6/c1-13(2,3)23-8-9(24-12(20)16-10(19)6-14)7-17-5-4-15-11(17)18(21)22/h4-5,9H,6-8H2,1-3H3,(H,16,19,20). The number of alkyl halides is 1. The average Bonchev–Trinajstić information content (AvgIpc) is 2.92. The van der Waals surface area contributed by atoms with Crippen molar-refractivity contribution in [2.24, 2.45) is 0 Å². The fraction of sp³-hybridized carbons (Fsp3) is 0.615. The Morgan fingerprint density at radius 1 is 1.50 bits per heavy atom. The number of nitrogens with zero attached hydrogens (tertiary/aromatic N) is 3. The van der Waals surface area contributed by atoms with Gasteiger partial charge < -0.3 is 19.6 Å². The van der Waals surface area contributed by atoms with Crippen LogP contribution in [-0.2, 0) is 20.8 Å². The van der Waals surface area contributed by atoms with Gasteiger partial charge in [-0.1, -0.05) is 20.9 Å². The molecule has 1 unspecified atom stereocenters. The van der Waals surface area contributed by atoms with Crippen molar-refractivity contribution < 1.29 is 24.0 Å². The third kappa shape index (κ3) is 7.04. The van der Waals surface area contributed by atoms with Crippen LogP contribution in [0.3, 0.4) is 0 Å². The second kappa shape index (κ2) is 8.73. The molecule has 0 saturated heterocycles. The second-order valence-electron chi connectivity index (χ2n) is 5.77. The smallest absolute Gasteiger partial charge is 0.434 e. The average molecular weight is 407 g/mol. The van der Waals surface area contributed by atoms with Gasteiger partial charge in [0.25, 0.3) is 0 Å². The van der Waals surface area contributed by atoms with Crippen LogP contribution < -0.4 is 5.32 Å². The summed E-state index contributed by atoms with van der Waals surface area (Å²) in [4.78, 5) is 36.8. The SMILES string of the molecule is CC(C)(C)OCC(Cn1ccnc1[N+](=O)[O-])OC(=O)NC(=O)CBr. The molecule has 0 spiro atoms. The number of hydrogen-bond acceptors (Lipinski definition) is 7. The molecule has 2 amide bonds. The molecule has 1 atom stereocenters. The highest BCUT2D eigenvalue weighted by molar-refractivity contribution is 9.09. The highest BCUT2D eigenvalue weighted by atomic mass is 79.9. The lowest BCUT2D eigenvalue weighted by molar-refractivity contribution is -0.397. The summed E-state index contributed by atoms with van der Waals surface area (Å²) >= 11 is 2.91. The van der Waals surface area contributed by atoms with Gasteiger partial charge in [0.2, 0.25) is 5.91 Å². The van der Waals surface area contributed by atoms with Crippen molar-refractivity contribution in [2.45, 2.75) is 39.0 Å². The number of imidazole rings is 1. The lowest BCUT2D eigenvalue weighted by atomic mass is 10.2. The van der Waals surface area contributed by atoms with E-state index in [2.05, 4.69) is 20.9 Å². The number of nitrogens with one attached hydrogen (secondary N) is 1. The monoisotopic (exact) mass is 406 g/mol. The van der Waals surface area contributed by atoms with Crippen LogP contribution in [0.25, 0.3) is 0 Å². The van der Waals surface area contributed by atoms with Crippen molar-refractivity contribution in [1.29, 1.82) is 0 Å². The quantitative estimate of drug-likeness (QED) is 0.414. The second-order valence-corrected chi connectivity index (χ2v) is 6.33. The molecule has 0 fully saturated rings. The van der Waals surface area contributed by atoms with Crippen LogP contribution in [0.1, 0.15) is 20.8 Å². The molecule has 1 aromatic rings. The maximum atomic E-state index is 11.7. The number of carbonyl (C=O) groups is 2. The molecule has 11 heteroatoms. The summed E-state index contributed by atoms with van der Waals surface area (Å²) in [7, 11) is 0. The molecule has 1 aromatic heterocycles. The van der Waals surface area contributed by atoms with E-state index in [1.165, 1.54) is 17.0 Å². The van der Waals surface area contributed by atoms with Gasteiger partial charge in [-0.15, -0.1) is 0 Å². The maximum Gasteiger partial charge on any atom is 0.434 e. The summed E-state index contributed by atoms with van der Waals surface area (Å²) in [5, 5.41) is 12.9. The Morgan fingerprint density at radius 3 is 2.71 bits per heavy atom. The van der Waals surface area contributed by atoms with Crippen molar-refractivity contribution in [3.63, 3.8) is 0 Å². The van der Waals surface area contributed by atoms with Crippen molar-refractivity contribution >= 4 is 33.9 Å². The van der Waals surface area contributed by atoms with E-state index < -0.39 is 28.6 Å². The Hall–Kier alpha value is -2.01. The Bertz CT molecular complexity index is 598. The largest absolute Gasteiger partial charge is 0.440 e. The summed E-state index contributed by atoms with van der Waals surface area (Å²) in [6, 6.07) is 0. The Labute approximate surface area is 146 Å². The van der Waals surface area contributed by atoms with Crippen LogP contribution in [-0.4, -0.2) is 50.1 Å². The lowest BCUT2D eigenvalue weighted by Crippen LogP contribution is -2.38. The maximum absolute atomic E-state index is 11.7. The van der Waals surface area contributed by atoms with E-state index in [0.717, 1.165) is 0 Å². The number of hydrogen-bond donors (Lipinski definition) is 1. The predicted molar refractivity (Wildman–Crippen MR) is 86.8 cm³/mol. The molecule has 0 aromatic carbocycles. The molecule has 0 radical (unpaired) electrons. The molecule has 134 valence electrons. The van der Waals surface area contributed by atoms with E-state index in [4.69, 9.17) is 9.47 Å². The van der Waals surface area contributed by atoms with Gasteiger partial charge in [-0.05, 0) is 25.7 Å². The fourth-order valence-corrected chi connectivity index (χ4v) is 1.77. The third-order valence-electron chi connectivity index (χ3n) is 2.60. The number of imide groups is 1. The molecular weight excluding hydrogens is 388 g/mol. The van der Waals surface area contributed by atoms with E-state index >= 15 is 0 Å². The highest BCUT2D eigenvalue weighted by Crippen LogP contribution is 2.13. The van der Waals surface area contributed by atoms with Gasteiger partial charge in [-0.3, -0.25) is 10.1 Å². The van der Waals surface area contributed by atoms with Gasteiger partial charge in [-0.25, -0.2) is 9.36 Å². The topological polar surface area (TPSA) is 126 Å². The van der Waals surface area contributed by atoms with Crippen LogP contribution in [0, 0.1) is 10.1 Å². The molecule has 0 aliphatic carbocycles. The van der Waals surface area contributed by atoms with Gasteiger partial charge in [0.1, 0.15) is 18.9 Å². The number of nitro groups is 1. The first kappa shape index (κ1) is 20.0. The minimum Gasteiger partial charge on any atom is -0.440 e. The zero-order valence-corrected chi connectivity index (χ0v) is 15.1. The van der Waals surface area contributed by atoms with Crippen LogP contribution in [0.5, 0.6) is 0 Å². The third-order valence-corrected chi connectivity index (χ3v) is 3.11. The summed E-state index contributed by atoms with van der Waals surface area (Å²) in [5.41, 5.74) is -0.495. The number of alkyl carbamates (subject to hydrolysis) is 1. The summed E-state index contributed by atoms with van der Waals surface area (Å²) in [5.74, 6) is -0.944. The Morgan fingerprint density at radius 2 is 2.17 bits per heavy atom. The minimum absolute atomic E-state index is 0.00520. The molecule has 1 heterocycles. The molecule has 1 rings (SSSR count). The zero-order valence-electron chi connectivity index (χ0n) is 13.5. The van der Waals surface area contributed by atoms with E-state index in [-0.39, 0.29) is 24.4 Å². The Balaban J connectivity index is 2.80. The van der Waals surface area contributed by atoms with Gasteiger partial charge >= 0.3 is 12.0 Å². The number of amides is 2. The van der Waals surface area contributed by atoms with E-state index in [9.17, 15) is 19.7 Å². The predicted octanol–water partition coefficient (Wildman–Crippen LogP) is 1.62. The van der Waals surface area contributed by atoms with Crippen LogP contribution in [0.4, 0.5) is 10.7 Å². The van der Waals surface area contributed by atoms with Crippen LogP contribution >= 0.6 is 15.9 Å². The molecular formula is C13H19BrN4O6. The number of ether oxygens (including phenoxy) is 2. The van der Waals surface area contributed by atoms with Crippen molar-refractivity contribution in [2.75, 3.05) is 11.9 Å². The molecule has 0 saturated carbocycles. The highest BCUT2D eigenvalue weighted by Gasteiger charge is 2.24. The first-order chi connectivity index (χ1) is 11.1. The van der Waals surface area contributed by atoms with Crippen LogP contribution in [0.15, 0.2) is 12.4 Å². The molecule has 0 aliphatic rings. The van der Waals surface area contributed by atoms with E-state index in [0.29, 0.717) is 0 Å². The molecule has 10 nitrogen and oxygen atoms in total. The fourth-order valence-electron chi connectivity index (χ4n) is 1.63. The van der Waals surface area contributed by atoms with Gasteiger partial charge in [0, 0.05) is 0 Å². The van der Waals surface area contributed by atoms with Crippen LogP contribution in [0.2, 0.25) is 0 Å². The normalized spacial score (nSPS) is 12.5. The zero-order chi connectivity index (χ0) is 18.3. The number of halogens is 1. The molecule has 0 bridgehead atoms. The van der Waals surface area contributed by atoms with Gasteiger partial charge in [0.15, 0.2) is 6.10 Å². The summed E-state index contributed by atoms with van der Waals surface area (Å²) in [6.45, 7) is 5.41. The summed E-state index contributed by atoms with van der Waals surface area (Å²) < 4.78 is 11.9. The number of aromatic nitrogens is 2. The van der Waals surface area contributed by atoms with E-state index in [1.807, 2.05) is 26.1 Å². The molecule has 0 aliphatic heterocycles. The van der Waals surface area contributed by atoms with Gasteiger partial charge in [0.05, 0.1) is 17.5 Å². The number of carbonyl (C=O) groups excluding carboxylic acids is 2. The minimum atomic E-state index is -0.954. The van der Waals surface area contributed by atoms with E-state index in [1.54, 1.807) is 0 Å². The van der Waals surface area contributed by atoms with Crippen molar-refractivity contribution in [3.8, 4) is 0 Å².